The smallest absolute Gasteiger partial charge is 0.228 e. The number of aromatic nitrogens is 1. The minimum absolute atomic E-state index is 0.0257. The molecule has 26 heavy (non-hydrogen) atoms. The molecule has 0 saturated heterocycles. The Labute approximate surface area is 154 Å². The lowest BCUT2D eigenvalue weighted by atomic mass is 10.0. The average molecular weight is 351 g/mol. The Balaban J connectivity index is 1.45. The Morgan fingerprint density at radius 1 is 1.08 bits per heavy atom. The van der Waals surface area contributed by atoms with Gasteiger partial charge in [-0.05, 0) is 48.4 Å². The number of anilines is 2. The van der Waals surface area contributed by atoms with Gasteiger partial charge in [-0.15, -0.1) is 0 Å². The van der Waals surface area contributed by atoms with Gasteiger partial charge in [0.2, 0.25) is 11.8 Å². The standard InChI is InChI=1S/C21H25N3O2/c1-14(2)16-6-3-15(4-7-16)5-12-20(25)23-18-10-11-19(22-13-18)24-21(26)17-8-9-17/h3-4,6-7,10-11,13-14,17H,5,8-9,12H2,1-2H3,(H,23,25)(H,22,24,26). The number of benzene rings is 1. The molecular formula is C21H25N3O2. The summed E-state index contributed by atoms with van der Waals surface area (Å²) in [5, 5.41) is 5.62. The van der Waals surface area contributed by atoms with Crippen LogP contribution in [0.3, 0.4) is 0 Å². The highest BCUT2D eigenvalue weighted by molar-refractivity contribution is 5.94. The van der Waals surface area contributed by atoms with Crippen molar-refractivity contribution in [1.82, 2.24) is 4.98 Å². The maximum atomic E-state index is 12.1. The molecule has 136 valence electrons. The molecule has 1 aromatic heterocycles. The summed E-state index contributed by atoms with van der Waals surface area (Å²) < 4.78 is 0. The monoisotopic (exact) mass is 351 g/mol. The van der Waals surface area contributed by atoms with Crippen LogP contribution in [0.2, 0.25) is 0 Å². The third kappa shape index (κ3) is 5.15. The van der Waals surface area contributed by atoms with Gasteiger partial charge in [0, 0.05) is 12.3 Å². The molecule has 0 atom stereocenters. The maximum Gasteiger partial charge on any atom is 0.228 e. The van der Waals surface area contributed by atoms with Crippen LogP contribution in [0.5, 0.6) is 0 Å². The molecule has 2 aromatic rings. The number of nitrogens with one attached hydrogen (secondary N) is 2. The summed E-state index contributed by atoms with van der Waals surface area (Å²) in [5.74, 6) is 1.15. The fourth-order valence-electron chi connectivity index (χ4n) is 2.67. The van der Waals surface area contributed by atoms with Crippen molar-refractivity contribution in [2.24, 2.45) is 5.92 Å². The van der Waals surface area contributed by atoms with Crippen molar-refractivity contribution >= 4 is 23.3 Å². The summed E-state index contributed by atoms with van der Waals surface area (Å²) in [4.78, 5) is 28.0. The SMILES string of the molecule is CC(C)c1ccc(CCC(=O)Nc2ccc(NC(=O)C3CC3)nc2)cc1. The second-order valence-corrected chi connectivity index (χ2v) is 7.14. The molecule has 1 aliphatic carbocycles. The van der Waals surface area contributed by atoms with Gasteiger partial charge in [-0.3, -0.25) is 9.59 Å². The molecule has 3 rings (SSSR count). The highest BCUT2D eigenvalue weighted by Crippen LogP contribution is 2.30. The third-order valence-corrected chi connectivity index (χ3v) is 4.53. The van der Waals surface area contributed by atoms with Crippen LogP contribution in [-0.2, 0) is 16.0 Å². The Kier molecular flexibility index (Phi) is 5.66. The number of carbonyl (C=O) groups excluding carboxylic acids is 2. The van der Waals surface area contributed by atoms with Gasteiger partial charge in [-0.1, -0.05) is 38.1 Å². The molecule has 1 saturated carbocycles. The van der Waals surface area contributed by atoms with Crippen molar-refractivity contribution in [2.45, 2.75) is 45.4 Å². The molecule has 5 heteroatoms. The quantitative estimate of drug-likeness (QED) is 0.788. The van der Waals surface area contributed by atoms with E-state index in [4.69, 9.17) is 0 Å². The van der Waals surface area contributed by atoms with E-state index in [1.54, 1.807) is 18.3 Å². The number of nitrogens with zero attached hydrogens (tertiary/aromatic N) is 1. The van der Waals surface area contributed by atoms with Gasteiger partial charge in [-0.2, -0.15) is 0 Å². The lowest BCUT2D eigenvalue weighted by Gasteiger charge is -2.08. The highest BCUT2D eigenvalue weighted by Gasteiger charge is 2.29. The van der Waals surface area contributed by atoms with Crippen molar-refractivity contribution in [2.75, 3.05) is 10.6 Å². The molecule has 0 spiro atoms. The maximum absolute atomic E-state index is 12.1. The van der Waals surface area contributed by atoms with Crippen LogP contribution >= 0.6 is 0 Å². The van der Waals surface area contributed by atoms with Gasteiger partial charge in [0.15, 0.2) is 0 Å². The first kappa shape index (κ1) is 18.1. The molecule has 1 fully saturated rings. The Morgan fingerprint density at radius 2 is 1.81 bits per heavy atom. The summed E-state index contributed by atoms with van der Waals surface area (Å²) in [6.07, 6.45) is 4.60. The summed E-state index contributed by atoms with van der Waals surface area (Å²) in [6, 6.07) is 11.9. The number of hydrogen-bond acceptors (Lipinski definition) is 3. The van der Waals surface area contributed by atoms with E-state index in [0.717, 1.165) is 18.4 Å². The number of pyridine rings is 1. The van der Waals surface area contributed by atoms with Gasteiger partial charge < -0.3 is 10.6 Å². The van der Waals surface area contributed by atoms with Crippen LogP contribution in [0, 0.1) is 5.92 Å². The number of hydrogen-bond donors (Lipinski definition) is 2. The minimum atomic E-state index is -0.0468. The summed E-state index contributed by atoms with van der Waals surface area (Å²) in [5.41, 5.74) is 3.09. The average Bonchev–Trinajstić information content (AvgIpc) is 3.47. The van der Waals surface area contributed by atoms with Gasteiger partial charge >= 0.3 is 0 Å². The lowest BCUT2D eigenvalue weighted by Crippen LogP contribution is -2.15. The van der Waals surface area contributed by atoms with Gasteiger partial charge in [0.05, 0.1) is 11.9 Å². The van der Waals surface area contributed by atoms with E-state index in [0.29, 0.717) is 30.3 Å². The molecule has 5 nitrogen and oxygen atoms in total. The van der Waals surface area contributed by atoms with Crippen LogP contribution in [0.4, 0.5) is 11.5 Å². The number of amides is 2. The lowest BCUT2D eigenvalue weighted by molar-refractivity contribution is -0.117. The predicted octanol–water partition coefficient (Wildman–Crippen LogP) is 4.12. The van der Waals surface area contributed by atoms with Crippen molar-refractivity contribution < 1.29 is 9.59 Å². The van der Waals surface area contributed by atoms with E-state index in [-0.39, 0.29) is 17.7 Å². The first-order valence-corrected chi connectivity index (χ1v) is 9.17. The normalized spacial score (nSPS) is 13.5. The fourth-order valence-corrected chi connectivity index (χ4v) is 2.67. The molecule has 1 heterocycles. The Hall–Kier alpha value is -2.69. The summed E-state index contributed by atoms with van der Waals surface area (Å²) in [6.45, 7) is 4.33. The molecule has 1 aromatic carbocycles. The van der Waals surface area contributed by atoms with Gasteiger partial charge in [-0.25, -0.2) is 4.98 Å². The largest absolute Gasteiger partial charge is 0.325 e. The van der Waals surface area contributed by atoms with Crippen LogP contribution in [-0.4, -0.2) is 16.8 Å². The van der Waals surface area contributed by atoms with Gasteiger partial charge in [0.25, 0.3) is 0 Å². The van der Waals surface area contributed by atoms with Crippen LogP contribution in [0.15, 0.2) is 42.6 Å². The number of aryl methyl sites for hydroxylation is 1. The van der Waals surface area contributed by atoms with E-state index in [1.165, 1.54) is 5.56 Å². The zero-order valence-electron chi connectivity index (χ0n) is 15.3. The zero-order chi connectivity index (χ0) is 18.5. The Morgan fingerprint density at radius 3 is 2.38 bits per heavy atom. The van der Waals surface area contributed by atoms with E-state index in [9.17, 15) is 9.59 Å². The minimum Gasteiger partial charge on any atom is -0.325 e. The van der Waals surface area contributed by atoms with Gasteiger partial charge in [0.1, 0.15) is 5.82 Å². The summed E-state index contributed by atoms with van der Waals surface area (Å²) >= 11 is 0. The highest BCUT2D eigenvalue weighted by atomic mass is 16.2. The first-order valence-electron chi connectivity index (χ1n) is 9.17. The predicted molar refractivity (Wildman–Crippen MR) is 103 cm³/mol. The zero-order valence-corrected chi connectivity index (χ0v) is 15.3. The second-order valence-electron chi connectivity index (χ2n) is 7.14. The third-order valence-electron chi connectivity index (χ3n) is 4.53. The van der Waals surface area contributed by atoms with Crippen molar-refractivity contribution in [1.29, 1.82) is 0 Å². The topological polar surface area (TPSA) is 71.1 Å². The molecule has 1 aliphatic rings. The van der Waals surface area contributed by atoms with E-state index in [2.05, 4.69) is 53.7 Å². The van der Waals surface area contributed by atoms with E-state index < -0.39 is 0 Å². The van der Waals surface area contributed by atoms with E-state index >= 15 is 0 Å². The van der Waals surface area contributed by atoms with Crippen LogP contribution in [0.1, 0.15) is 50.2 Å². The summed E-state index contributed by atoms with van der Waals surface area (Å²) in [7, 11) is 0. The molecule has 2 amide bonds. The van der Waals surface area contributed by atoms with Crippen LogP contribution < -0.4 is 10.6 Å². The van der Waals surface area contributed by atoms with Crippen LogP contribution in [0.25, 0.3) is 0 Å². The molecule has 0 bridgehead atoms. The number of rotatable bonds is 7. The molecule has 2 N–H and O–H groups in total. The molecule has 0 unspecified atom stereocenters. The molecule has 0 aliphatic heterocycles. The molecular weight excluding hydrogens is 326 g/mol. The number of carbonyl (C=O) groups is 2. The molecule has 0 radical (unpaired) electrons. The fraction of sp³-hybridized carbons (Fsp3) is 0.381. The van der Waals surface area contributed by atoms with Crippen molar-refractivity contribution in [3.8, 4) is 0 Å². The second kappa shape index (κ2) is 8.13. The van der Waals surface area contributed by atoms with Crippen molar-refractivity contribution in [3.05, 3.63) is 53.7 Å². The van der Waals surface area contributed by atoms with Crippen molar-refractivity contribution in [3.63, 3.8) is 0 Å². The first-order chi connectivity index (χ1) is 12.5. The van der Waals surface area contributed by atoms with E-state index in [1.807, 2.05) is 0 Å². The Bertz CT molecular complexity index is 763.